The average Bonchev–Trinajstić information content (AvgIpc) is 3.18. The SMILES string of the molecule is CC1(C)Oc2c(ncnc2Nc2cccc(NC(=O)Nc3cc(C(C)(C)C)on3)c2)NC1=O. The normalized spacial score (nSPS) is 14.5. The summed E-state index contributed by atoms with van der Waals surface area (Å²) in [5.41, 5.74) is -0.104. The van der Waals surface area contributed by atoms with Gasteiger partial charge >= 0.3 is 6.03 Å². The summed E-state index contributed by atoms with van der Waals surface area (Å²) in [5, 5.41) is 15.1. The van der Waals surface area contributed by atoms with Crippen LogP contribution in [0.2, 0.25) is 0 Å². The van der Waals surface area contributed by atoms with Gasteiger partial charge in [-0.1, -0.05) is 32.0 Å². The summed E-state index contributed by atoms with van der Waals surface area (Å²) < 4.78 is 11.1. The van der Waals surface area contributed by atoms with Gasteiger partial charge in [0.25, 0.3) is 5.91 Å². The Labute approximate surface area is 190 Å². The molecule has 1 aromatic carbocycles. The highest BCUT2D eigenvalue weighted by Gasteiger charge is 2.37. The van der Waals surface area contributed by atoms with Crippen LogP contribution in [-0.4, -0.2) is 32.7 Å². The van der Waals surface area contributed by atoms with Crippen molar-refractivity contribution in [2.24, 2.45) is 0 Å². The quantitative estimate of drug-likeness (QED) is 0.461. The third kappa shape index (κ3) is 4.86. The second-order valence-corrected chi connectivity index (χ2v) is 9.08. The minimum atomic E-state index is -1.07. The summed E-state index contributed by atoms with van der Waals surface area (Å²) >= 11 is 0. The molecule has 4 N–H and O–H groups in total. The van der Waals surface area contributed by atoms with Crippen LogP contribution in [0.25, 0.3) is 0 Å². The number of amides is 3. The minimum absolute atomic E-state index is 0.217. The molecule has 3 heterocycles. The first kappa shape index (κ1) is 22.1. The number of hydrogen-bond donors (Lipinski definition) is 4. The van der Waals surface area contributed by atoms with Gasteiger partial charge in [-0.3, -0.25) is 10.1 Å². The number of rotatable bonds is 4. The summed E-state index contributed by atoms with van der Waals surface area (Å²) in [6.45, 7) is 9.29. The molecule has 11 heteroatoms. The van der Waals surface area contributed by atoms with Gasteiger partial charge in [-0.15, -0.1) is 0 Å². The lowest BCUT2D eigenvalue weighted by Crippen LogP contribution is -2.46. The molecule has 0 saturated carbocycles. The van der Waals surface area contributed by atoms with Crippen molar-refractivity contribution in [3.8, 4) is 5.75 Å². The molecule has 33 heavy (non-hydrogen) atoms. The molecule has 4 rings (SSSR count). The number of carbonyl (C=O) groups is 2. The molecule has 0 fully saturated rings. The summed E-state index contributed by atoms with van der Waals surface area (Å²) in [5.74, 6) is 1.69. The highest BCUT2D eigenvalue weighted by molar-refractivity contribution is 6.01. The average molecular weight is 451 g/mol. The summed E-state index contributed by atoms with van der Waals surface area (Å²) in [6, 6.07) is 8.26. The summed E-state index contributed by atoms with van der Waals surface area (Å²) in [7, 11) is 0. The van der Waals surface area contributed by atoms with Crippen molar-refractivity contribution in [3.63, 3.8) is 0 Å². The van der Waals surface area contributed by atoms with Gasteiger partial charge in [0, 0.05) is 22.9 Å². The number of ether oxygens (including phenoxy) is 1. The number of aromatic nitrogens is 3. The van der Waals surface area contributed by atoms with E-state index >= 15 is 0 Å². The molecule has 0 spiro atoms. The monoisotopic (exact) mass is 451 g/mol. The maximum atomic E-state index is 12.4. The molecule has 3 aromatic rings. The highest BCUT2D eigenvalue weighted by Crippen LogP contribution is 2.38. The smallest absolute Gasteiger partial charge is 0.324 e. The Hall–Kier alpha value is -4.15. The van der Waals surface area contributed by atoms with Gasteiger partial charge in [0.1, 0.15) is 12.1 Å². The Balaban J connectivity index is 1.46. The van der Waals surface area contributed by atoms with Crippen LogP contribution in [0.3, 0.4) is 0 Å². The van der Waals surface area contributed by atoms with E-state index in [0.717, 1.165) is 0 Å². The Morgan fingerprint density at radius 3 is 2.58 bits per heavy atom. The van der Waals surface area contributed by atoms with Crippen molar-refractivity contribution in [3.05, 3.63) is 42.4 Å². The molecule has 11 nitrogen and oxygen atoms in total. The number of hydrogen-bond acceptors (Lipinski definition) is 8. The van der Waals surface area contributed by atoms with E-state index in [-0.39, 0.29) is 17.1 Å². The van der Waals surface area contributed by atoms with E-state index in [1.807, 2.05) is 20.8 Å². The zero-order valence-corrected chi connectivity index (χ0v) is 18.9. The van der Waals surface area contributed by atoms with Crippen molar-refractivity contribution >= 4 is 40.8 Å². The van der Waals surface area contributed by atoms with Gasteiger partial charge in [0.2, 0.25) is 5.75 Å². The molecule has 172 valence electrons. The zero-order chi connectivity index (χ0) is 23.8. The Morgan fingerprint density at radius 1 is 1.09 bits per heavy atom. The van der Waals surface area contributed by atoms with Crippen LogP contribution in [0, 0.1) is 0 Å². The van der Waals surface area contributed by atoms with Crippen LogP contribution < -0.4 is 26.0 Å². The van der Waals surface area contributed by atoms with Gasteiger partial charge in [-0.05, 0) is 32.0 Å². The third-order valence-corrected chi connectivity index (χ3v) is 4.81. The number of urea groups is 1. The Bertz CT molecular complexity index is 1210. The molecule has 0 saturated heterocycles. The number of nitrogens with zero attached hydrogens (tertiary/aromatic N) is 3. The van der Waals surface area contributed by atoms with E-state index in [1.54, 1.807) is 44.2 Å². The Morgan fingerprint density at radius 2 is 1.85 bits per heavy atom. The van der Waals surface area contributed by atoms with Crippen LogP contribution in [0.15, 0.2) is 41.2 Å². The standard InChI is InChI=1S/C22H25N7O4/c1-21(2,3)14-10-15(29-33-14)27-20(31)26-13-8-6-7-12(9-13)25-17-16-18(24-11-23-17)28-19(30)22(4,5)32-16/h6-11H,1-5H3,(H2,26,27,29,31)(H2,23,24,25,28,30). The van der Waals surface area contributed by atoms with Crippen LogP contribution in [0.5, 0.6) is 5.75 Å². The summed E-state index contributed by atoms with van der Waals surface area (Å²) in [6.07, 6.45) is 1.32. The van der Waals surface area contributed by atoms with Gasteiger partial charge in [0.15, 0.2) is 23.1 Å². The molecule has 0 unspecified atom stereocenters. The third-order valence-electron chi connectivity index (χ3n) is 4.81. The van der Waals surface area contributed by atoms with E-state index < -0.39 is 11.6 Å². The molecule has 3 amide bonds. The van der Waals surface area contributed by atoms with E-state index in [0.29, 0.717) is 34.5 Å². The molecular weight excluding hydrogens is 426 g/mol. The van der Waals surface area contributed by atoms with Crippen molar-refractivity contribution in [2.45, 2.75) is 45.6 Å². The highest BCUT2D eigenvalue weighted by atomic mass is 16.5. The number of nitrogens with one attached hydrogen (secondary N) is 4. The van der Waals surface area contributed by atoms with E-state index in [1.165, 1.54) is 6.33 Å². The van der Waals surface area contributed by atoms with Crippen LogP contribution >= 0.6 is 0 Å². The molecule has 0 bridgehead atoms. The first-order chi connectivity index (χ1) is 15.5. The fraction of sp³-hybridized carbons (Fsp3) is 0.318. The van der Waals surface area contributed by atoms with Gasteiger partial charge in [0.05, 0.1) is 0 Å². The van der Waals surface area contributed by atoms with Crippen molar-refractivity contribution in [2.75, 3.05) is 21.3 Å². The molecule has 1 aliphatic rings. The van der Waals surface area contributed by atoms with Crippen molar-refractivity contribution in [1.82, 2.24) is 15.1 Å². The number of fused-ring (bicyclic) bond motifs is 1. The molecule has 2 aromatic heterocycles. The van der Waals surface area contributed by atoms with Gasteiger partial charge < -0.3 is 25.2 Å². The van der Waals surface area contributed by atoms with Crippen molar-refractivity contribution < 1.29 is 18.8 Å². The number of benzene rings is 1. The topological polar surface area (TPSA) is 143 Å². The molecular formula is C22H25N7O4. The lowest BCUT2D eigenvalue weighted by atomic mass is 9.93. The molecule has 0 radical (unpaired) electrons. The maximum Gasteiger partial charge on any atom is 0.324 e. The van der Waals surface area contributed by atoms with E-state index in [4.69, 9.17) is 9.26 Å². The second-order valence-electron chi connectivity index (χ2n) is 9.08. The summed E-state index contributed by atoms with van der Waals surface area (Å²) in [4.78, 5) is 32.8. The lowest BCUT2D eigenvalue weighted by molar-refractivity contribution is -0.129. The lowest BCUT2D eigenvalue weighted by Gasteiger charge is -2.31. The number of anilines is 5. The Kier molecular flexibility index (Phi) is 5.40. The fourth-order valence-electron chi connectivity index (χ4n) is 2.99. The van der Waals surface area contributed by atoms with E-state index in [2.05, 4.69) is 36.4 Å². The van der Waals surface area contributed by atoms with Crippen molar-refractivity contribution in [1.29, 1.82) is 0 Å². The molecule has 0 aliphatic carbocycles. The molecule has 1 aliphatic heterocycles. The first-order valence-electron chi connectivity index (χ1n) is 10.3. The molecule has 0 atom stereocenters. The largest absolute Gasteiger partial charge is 0.470 e. The van der Waals surface area contributed by atoms with E-state index in [9.17, 15) is 9.59 Å². The van der Waals surface area contributed by atoms with Crippen LogP contribution in [-0.2, 0) is 10.2 Å². The predicted octanol–water partition coefficient (Wildman–Crippen LogP) is 4.26. The number of carbonyl (C=O) groups excluding carboxylic acids is 2. The first-order valence-corrected chi connectivity index (χ1v) is 10.3. The second kappa shape index (κ2) is 8.08. The van der Waals surface area contributed by atoms with Crippen LogP contribution in [0.1, 0.15) is 40.4 Å². The van der Waals surface area contributed by atoms with Gasteiger partial charge in [-0.25, -0.2) is 14.8 Å². The zero-order valence-electron chi connectivity index (χ0n) is 18.9. The fourth-order valence-corrected chi connectivity index (χ4v) is 2.99. The van der Waals surface area contributed by atoms with Gasteiger partial charge in [-0.2, -0.15) is 0 Å². The minimum Gasteiger partial charge on any atom is -0.470 e. The van der Waals surface area contributed by atoms with Crippen LogP contribution in [0.4, 0.5) is 33.6 Å². The predicted molar refractivity (Wildman–Crippen MR) is 123 cm³/mol. The maximum absolute atomic E-state index is 12.4.